The third kappa shape index (κ3) is 6.82. The van der Waals surface area contributed by atoms with Gasteiger partial charge in [0.25, 0.3) is 0 Å². The molecule has 0 atom stereocenters. The monoisotopic (exact) mass is 720 g/mol. The van der Waals surface area contributed by atoms with E-state index in [-0.39, 0.29) is 20.1 Å². The maximum Gasteiger partial charge on any atom is 0.216 e. The molecule has 0 saturated carbocycles. The molecule has 4 aromatic heterocycles. The average Bonchev–Trinajstić information content (AvgIpc) is 3.31. The molecule has 1 radical (unpaired) electrons. The Hall–Kier alpha value is -3.44. The molecule has 4 nitrogen and oxygen atoms in total. The third-order valence-electron chi connectivity index (χ3n) is 6.53. The summed E-state index contributed by atoms with van der Waals surface area (Å²) < 4.78 is 5.83. The summed E-state index contributed by atoms with van der Waals surface area (Å²) in [5, 5.41) is 3.55. The number of nitrogens with zero attached hydrogens (tertiary/aromatic N) is 3. The minimum atomic E-state index is -1.43. The van der Waals surface area contributed by atoms with Crippen LogP contribution in [0.1, 0.15) is 19.4 Å². The van der Waals surface area contributed by atoms with Crippen LogP contribution in [0.25, 0.3) is 44.6 Å². The Labute approximate surface area is 251 Å². The van der Waals surface area contributed by atoms with E-state index < -0.39 is 8.07 Å². The summed E-state index contributed by atoms with van der Waals surface area (Å²) in [5.74, 6) is 0.616. The zero-order valence-corrected chi connectivity index (χ0v) is 26.9. The van der Waals surface area contributed by atoms with E-state index in [1.807, 2.05) is 60.7 Å². The normalized spacial score (nSPS) is 11.2. The standard InChI is InChI=1S/C23H25N2OSi.C11H8N.Ir/c1-15(2)11-17-13-20(25-14-22(17)27(3,4)5)16-8-9-21-19(12-16)18-7-6-10-24-23(18)26-21;1-2-6-10(7-3-1)11-8-4-5-9-12-11;/h6-7,9-10,12-15H,11H2,1-5H3;1-6,8-9H;/q2*-1;. The molecule has 6 heteroatoms. The number of hydrogen-bond donors (Lipinski definition) is 0. The van der Waals surface area contributed by atoms with Gasteiger partial charge in [0.05, 0.1) is 13.7 Å². The van der Waals surface area contributed by atoms with Crippen LogP contribution in [0.15, 0.2) is 95.8 Å². The summed E-state index contributed by atoms with van der Waals surface area (Å²) in [4.78, 5) is 13.3. The van der Waals surface area contributed by atoms with E-state index in [4.69, 9.17) is 9.40 Å². The molecule has 0 bridgehead atoms. The maximum absolute atomic E-state index is 5.83. The van der Waals surface area contributed by atoms with E-state index in [2.05, 4.69) is 73.9 Å². The zero-order chi connectivity index (χ0) is 27.4. The zero-order valence-electron chi connectivity index (χ0n) is 23.5. The Kier molecular flexibility index (Phi) is 9.46. The van der Waals surface area contributed by atoms with Gasteiger partial charge in [-0.3, -0.25) is 0 Å². The van der Waals surface area contributed by atoms with Crippen LogP contribution in [0, 0.1) is 18.1 Å². The molecule has 0 aliphatic rings. The molecule has 0 spiro atoms. The van der Waals surface area contributed by atoms with Crippen molar-refractivity contribution in [3.05, 3.63) is 109 Å². The van der Waals surface area contributed by atoms with Gasteiger partial charge in [-0.05, 0) is 47.1 Å². The number of rotatable bonds is 5. The Morgan fingerprint density at radius 3 is 2.30 bits per heavy atom. The fourth-order valence-electron chi connectivity index (χ4n) is 4.71. The van der Waals surface area contributed by atoms with Crippen molar-refractivity contribution in [3.8, 4) is 22.5 Å². The molecular formula is C34H33IrN3OSi-2. The molecule has 0 aliphatic heterocycles. The van der Waals surface area contributed by atoms with E-state index in [0.717, 1.165) is 45.3 Å². The van der Waals surface area contributed by atoms with Crippen LogP contribution in [0.2, 0.25) is 19.6 Å². The van der Waals surface area contributed by atoms with Crippen molar-refractivity contribution in [2.45, 2.75) is 39.9 Å². The van der Waals surface area contributed by atoms with E-state index in [9.17, 15) is 0 Å². The van der Waals surface area contributed by atoms with Crippen LogP contribution < -0.4 is 5.19 Å². The Morgan fingerprint density at radius 1 is 0.800 bits per heavy atom. The summed E-state index contributed by atoms with van der Waals surface area (Å²) in [6.07, 6.45) is 6.72. The molecule has 2 aromatic carbocycles. The molecule has 0 N–H and O–H groups in total. The smallest absolute Gasteiger partial charge is 0.216 e. The molecule has 0 unspecified atom stereocenters. The molecule has 6 aromatic rings. The fraction of sp³-hybridized carbons (Fsp3) is 0.206. The Bertz CT molecular complexity index is 1660. The number of hydrogen-bond acceptors (Lipinski definition) is 4. The van der Waals surface area contributed by atoms with Gasteiger partial charge in [-0.15, -0.1) is 59.7 Å². The number of furan rings is 1. The molecule has 0 fully saturated rings. The van der Waals surface area contributed by atoms with Gasteiger partial charge >= 0.3 is 0 Å². The molecular weight excluding hydrogens is 687 g/mol. The Morgan fingerprint density at radius 2 is 1.60 bits per heavy atom. The second-order valence-corrected chi connectivity index (χ2v) is 16.2. The molecule has 40 heavy (non-hydrogen) atoms. The Balaban J connectivity index is 0.000000238. The van der Waals surface area contributed by atoms with E-state index in [1.54, 1.807) is 12.4 Å². The summed E-state index contributed by atoms with van der Waals surface area (Å²) in [6.45, 7) is 11.7. The predicted molar refractivity (Wildman–Crippen MR) is 164 cm³/mol. The van der Waals surface area contributed by atoms with Crippen LogP contribution in [0.5, 0.6) is 0 Å². The molecule has 0 aliphatic carbocycles. The van der Waals surface area contributed by atoms with Crippen molar-refractivity contribution in [3.63, 3.8) is 0 Å². The van der Waals surface area contributed by atoms with Crippen molar-refractivity contribution in [1.29, 1.82) is 0 Å². The quantitative estimate of drug-likeness (QED) is 0.133. The van der Waals surface area contributed by atoms with Gasteiger partial charge in [0.15, 0.2) is 0 Å². The van der Waals surface area contributed by atoms with Crippen LogP contribution in [0.4, 0.5) is 0 Å². The summed E-state index contributed by atoms with van der Waals surface area (Å²) in [7, 11) is -1.43. The van der Waals surface area contributed by atoms with Crippen molar-refractivity contribution in [2.75, 3.05) is 0 Å². The van der Waals surface area contributed by atoms with Crippen LogP contribution >= 0.6 is 0 Å². The predicted octanol–water partition coefficient (Wildman–Crippen LogP) is 8.13. The number of pyridine rings is 3. The first-order valence-corrected chi connectivity index (χ1v) is 16.9. The SMILES string of the molecule is CC(C)Cc1cc(-c2[c-]cc3oc4ncccc4c3c2)ncc1[Si](C)(C)C.[Ir].[c-]1ccccc1-c1ccccn1. The summed E-state index contributed by atoms with van der Waals surface area (Å²) in [5.41, 5.74) is 6.90. The van der Waals surface area contributed by atoms with Crippen molar-refractivity contribution in [2.24, 2.45) is 5.92 Å². The second-order valence-electron chi connectivity index (χ2n) is 11.1. The van der Waals surface area contributed by atoms with Crippen LogP contribution in [-0.4, -0.2) is 23.0 Å². The third-order valence-corrected chi connectivity index (χ3v) is 8.60. The summed E-state index contributed by atoms with van der Waals surface area (Å²) in [6, 6.07) is 30.5. The number of aromatic nitrogens is 3. The van der Waals surface area contributed by atoms with Crippen molar-refractivity contribution >= 4 is 35.3 Å². The maximum atomic E-state index is 5.83. The van der Waals surface area contributed by atoms with Gasteiger partial charge in [0.1, 0.15) is 0 Å². The molecule has 6 rings (SSSR count). The molecule has 205 valence electrons. The molecule has 0 saturated heterocycles. The number of fused-ring (bicyclic) bond motifs is 3. The van der Waals surface area contributed by atoms with E-state index in [1.165, 1.54) is 10.8 Å². The minimum absolute atomic E-state index is 0. The minimum Gasteiger partial charge on any atom is -0.486 e. The fourth-order valence-corrected chi connectivity index (χ4v) is 6.29. The van der Waals surface area contributed by atoms with Crippen molar-refractivity contribution in [1.82, 2.24) is 15.0 Å². The molecule has 4 heterocycles. The topological polar surface area (TPSA) is 51.8 Å². The van der Waals surface area contributed by atoms with Crippen LogP contribution in [-0.2, 0) is 26.5 Å². The van der Waals surface area contributed by atoms with Gasteiger partial charge in [0.2, 0.25) is 5.71 Å². The van der Waals surface area contributed by atoms with Gasteiger partial charge < -0.3 is 14.4 Å². The first-order valence-electron chi connectivity index (χ1n) is 13.4. The van der Waals surface area contributed by atoms with E-state index >= 15 is 0 Å². The number of benzene rings is 2. The van der Waals surface area contributed by atoms with Gasteiger partial charge in [0, 0.05) is 44.1 Å². The average molecular weight is 720 g/mol. The summed E-state index contributed by atoms with van der Waals surface area (Å²) >= 11 is 0. The largest absolute Gasteiger partial charge is 0.486 e. The van der Waals surface area contributed by atoms with Crippen molar-refractivity contribution < 1.29 is 24.5 Å². The van der Waals surface area contributed by atoms with Gasteiger partial charge in [-0.1, -0.05) is 62.6 Å². The van der Waals surface area contributed by atoms with E-state index in [0.29, 0.717) is 11.6 Å². The van der Waals surface area contributed by atoms with Gasteiger partial charge in [-0.25, -0.2) is 4.98 Å². The van der Waals surface area contributed by atoms with Gasteiger partial charge in [-0.2, -0.15) is 0 Å². The molecule has 0 amide bonds. The van der Waals surface area contributed by atoms with Crippen LogP contribution in [0.3, 0.4) is 0 Å². The second kappa shape index (κ2) is 12.8. The first-order chi connectivity index (χ1) is 18.8. The first kappa shape index (κ1) is 29.5.